The van der Waals surface area contributed by atoms with Crippen LogP contribution in [0.2, 0.25) is 10.0 Å². The molecule has 0 atom stereocenters. The largest absolute Gasteiger partial charge is 0.381 e. The van der Waals surface area contributed by atoms with Crippen LogP contribution in [-0.2, 0) is 23.7 Å². The Morgan fingerprint density at radius 1 is 0.324 bits per heavy atom. The Bertz CT molecular complexity index is 6720. The number of aryl methyl sites for hydroxylation is 5. The number of alkyl halides is 2. The molecular weight excluding hydrogens is 1770 g/mol. The third-order valence-corrected chi connectivity index (χ3v) is 26.4. The lowest BCUT2D eigenvalue weighted by molar-refractivity contribution is 0.0256. The van der Waals surface area contributed by atoms with E-state index in [1.54, 1.807) is 92.5 Å². The normalized spacial score (nSPS) is 16.3. The third kappa shape index (κ3) is 20.2. The molecule has 4 aromatic carbocycles. The summed E-state index contributed by atoms with van der Waals surface area (Å²) in [6, 6.07) is 43.6. The number of pyridine rings is 8. The summed E-state index contributed by atoms with van der Waals surface area (Å²) in [5.41, 5.74) is 20.3. The fourth-order valence-corrected chi connectivity index (χ4v) is 19.0. The van der Waals surface area contributed by atoms with Gasteiger partial charge in [-0.15, -0.1) is 5.10 Å². The van der Waals surface area contributed by atoms with Crippen molar-refractivity contribution in [3.8, 4) is 34.3 Å². The molecule has 14 aromatic heterocycles. The maximum absolute atomic E-state index is 14.4. The van der Waals surface area contributed by atoms with E-state index in [1.165, 1.54) is 45.1 Å². The van der Waals surface area contributed by atoms with Crippen molar-refractivity contribution in [1.29, 1.82) is 0 Å². The van der Waals surface area contributed by atoms with Gasteiger partial charge in [-0.3, -0.25) is 34.9 Å². The molecule has 0 aliphatic carbocycles. The summed E-state index contributed by atoms with van der Waals surface area (Å²) in [4.78, 5) is 35.9. The quantitative estimate of drug-likeness (QED) is 0.103. The second kappa shape index (κ2) is 41.6. The number of halogens is 6. The average Bonchev–Trinajstić information content (AvgIpc) is 1.62. The summed E-state index contributed by atoms with van der Waals surface area (Å²) in [5.74, 6) is 0.124. The van der Waals surface area contributed by atoms with Crippen LogP contribution >= 0.6 is 23.2 Å². The summed E-state index contributed by atoms with van der Waals surface area (Å²) >= 11 is 11.8. The highest BCUT2D eigenvalue weighted by Gasteiger charge is 2.40. The number of benzene rings is 4. The smallest absolute Gasteiger partial charge is 0.266 e. The van der Waals surface area contributed by atoms with Crippen molar-refractivity contribution in [3.63, 3.8) is 0 Å². The minimum atomic E-state index is -2.66. The lowest BCUT2D eigenvalue weighted by Crippen LogP contribution is -2.25. The van der Waals surface area contributed by atoms with E-state index in [-0.39, 0.29) is 18.8 Å². The number of rotatable bonds is 12. The minimum Gasteiger partial charge on any atom is -0.381 e. The molecule has 136 heavy (non-hydrogen) atoms. The van der Waals surface area contributed by atoms with E-state index in [0.717, 1.165) is 242 Å². The topological polar surface area (TPSA) is 259 Å². The molecular formula is C104H103Cl2F4N21O5. The summed E-state index contributed by atoms with van der Waals surface area (Å²) in [5, 5.41) is 36.2. The van der Waals surface area contributed by atoms with Crippen LogP contribution in [-0.4, -0.2) is 184 Å². The first-order chi connectivity index (χ1) is 66.4. The molecule has 18 aromatic rings. The van der Waals surface area contributed by atoms with E-state index in [4.69, 9.17) is 72.4 Å². The Balaban J connectivity index is 0.000000105. The number of fused-ring (bicyclic) bond motifs is 6. The molecule has 0 unspecified atom stereocenters. The number of aromatic nitrogens is 20. The van der Waals surface area contributed by atoms with Gasteiger partial charge in [0.2, 0.25) is 0 Å². The standard InChI is InChI=1S/C19H21N3O.C18H18FN3O.C17H15ClFN3O.2C17H18N4O.C16H13ClF2N4/c1-13-3-4-17(14(2)11-13)22-18-12-20-8-5-16(18)19(21-22)15-6-9-23-10-7-15;1-12-2-3-16(15(19)10-12)22-17-11-20-7-4-14(17)18(21-22)13-5-8-23-9-6-13;18-12-1-2-15(14(19)9-12)22-16-10-20-6-3-13(16)17(21-22)11-4-7-23-8-5-11;1-12-2-3-14(10-19-12)21-16-11-18-7-4-15(16)17(20-21)13-5-8-22-9-6-13;1-12-2-3-16(19-10-12)21-15-11-18-7-4-14(15)17(20-21)13-5-8-22-9-6-13;17-11-1-3-12(4-2-11)23-14-9-20-7-5-13(14)15(21-23)22-8-6-16(18,19)10-22/h3-5,8,11-12,15H,6-7,9-10H2,1-2H3;2-4,7,10-11,13H,5-6,8-9H2,1H3;1-3,6,9-11H,4-5,7-8H2;2*2-4,7,10-11,13H,5-6,8-9H2,1H3;1-5,7,9H,6,8,10H2. The molecule has 26 nitrogen and oxygen atoms in total. The highest BCUT2D eigenvalue weighted by atomic mass is 35.5. The maximum Gasteiger partial charge on any atom is 0.266 e. The molecule has 0 N–H and O–H groups in total. The van der Waals surface area contributed by atoms with Crippen LogP contribution in [0.4, 0.5) is 23.4 Å². The van der Waals surface area contributed by atoms with E-state index >= 15 is 0 Å². The Kier molecular flexibility index (Phi) is 28.1. The second-order valence-corrected chi connectivity index (χ2v) is 36.1. The van der Waals surface area contributed by atoms with E-state index in [9.17, 15) is 17.6 Å². The van der Waals surface area contributed by atoms with Crippen molar-refractivity contribution in [1.82, 2.24) is 98.6 Å². The van der Waals surface area contributed by atoms with E-state index < -0.39 is 11.7 Å². The van der Waals surface area contributed by atoms with Gasteiger partial charge in [0, 0.05) is 200 Å². The molecule has 0 amide bonds. The first kappa shape index (κ1) is 91.9. The van der Waals surface area contributed by atoms with Gasteiger partial charge in [-0.2, -0.15) is 25.5 Å². The zero-order valence-electron chi connectivity index (χ0n) is 76.2. The van der Waals surface area contributed by atoms with Crippen molar-refractivity contribution in [2.24, 2.45) is 0 Å². The third-order valence-electron chi connectivity index (χ3n) is 25.9. The van der Waals surface area contributed by atoms with Crippen LogP contribution in [0.3, 0.4) is 0 Å². The summed E-state index contributed by atoms with van der Waals surface area (Å²) in [7, 11) is 0. The highest BCUT2D eigenvalue weighted by molar-refractivity contribution is 6.31. The Hall–Kier alpha value is -13.2. The van der Waals surface area contributed by atoms with Crippen molar-refractivity contribution >= 4 is 94.4 Å². The molecule has 20 heterocycles. The van der Waals surface area contributed by atoms with Gasteiger partial charge < -0.3 is 28.6 Å². The van der Waals surface area contributed by atoms with Gasteiger partial charge in [0.05, 0.1) is 129 Å². The van der Waals surface area contributed by atoms with Crippen molar-refractivity contribution in [2.45, 2.75) is 141 Å². The zero-order chi connectivity index (χ0) is 93.3. The monoisotopic (exact) mass is 1870 g/mol. The van der Waals surface area contributed by atoms with Crippen molar-refractivity contribution in [3.05, 3.63) is 304 Å². The van der Waals surface area contributed by atoms with Gasteiger partial charge in [-0.25, -0.2) is 50.6 Å². The summed E-state index contributed by atoms with van der Waals surface area (Å²) < 4.78 is 94.1. The molecule has 24 rings (SSSR count). The lowest BCUT2D eigenvalue weighted by atomic mass is 9.95. The first-order valence-corrected chi connectivity index (χ1v) is 47.1. The van der Waals surface area contributed by atoms with Gasteiger partial charge in [0.15, 0.2) is 11.6 Å². The second-order valence-electron chi connectivity index (χ2n) is 35.2. The summed E-state index contributed by atoms with van der Waals surface area (Å²) in [6.07, 6.45) is 35.1. The number of hydrogen-bond donors (Lipinski definition) is 0. The molecule has 0 spiro atoms. The van der Waals surface area contributed by atoms with Gasteiger partial charge in [0.1, 0.15) is 23.0 Å². The van der Waals surface area contributed by atoms with Gasteiger partial charge >= 0.3 is 0 Å². The van der Waals surface area contributed by atoms with E-state index in [2.05, 4.69) is 112 Å². The fraction of sp³-hybridized carbons (Fsp3) is 0.327. The molecule has 6 saturated heterocycles. The Labute approximate surface area is 793 Å². The fourth-order valence-electron chi connectivity index (χ4n) is 18.7. The molecule has 696 valence electrons. The minimum absolute atomic E-state index is 0.145. The molecule has 0 radical (unpaired) electrons. The van der Waals surface area contributed by atoms with Gasteiger partial charge in [-0.1, -0.05) is 53.0 Å². The van der Waals surface area contributed by atoms with Crippen LogP contribution in [0.15, 0.2) is 226 Å². The molecule has 6 aliphatic heterocycles. The number of nitrogens with zero attached hydrogens (tertiary/aromatic N) is 21. The number of ether oxygens (including phenoxy) is 5. The molecule has 0 saturated carbocycles. The van der Waals surface area contributed by atoms with Crippen molar-refractivity contribution < 1.29 is 41.2 Å². The van der Waals surface area contributed by atoms with E-state index in [0.29, 0.717) is 63.4 Å². The molecule has 6 aliphatic rings. The van der Waals surface area contributed by atoms with Crippen LogP contribution < -0.4 is 4.90 Å². The number of hydrogen-bond acceptors (Lipinski definition) is 20. The predicted molar refractivity (Wildman–Crippen MR) is 518 cm³/mol. The molecule has 32 heteroatoms. The van der Waals surface area contributed by atoms with Crippen LogP contribution in [0.5, 0.6) is 0 Å². The lowest BCUT2D eigenvalue weighted by Gasteiger charge is -2.20. The Morgan fingerprint density at radius 2 is 0.676 bits per heavy atom. The average molecular weight is 1870 g/mol. The van der Waals surface area contributed by atoms with E-state index in [1.807, 2.05) is 122 Å². The van der Waals surface area contributed by atoms with Crippen LogP contribution in [0.1, 0.15) is 157 Å². The SMILES string of the molecule is Cc1ccc(-n2nc(C3CCOCC3)c3ccncc32)c(C)c1.Cc1ccc(-n2nc(C3CCOCC3)c3ccncc32)c(F)c1.Cc1ccc(-n2nc(C3CCOCC3)c3ccncc32)cn1.Cc1ccc(-n2nc(C3CCOCC3)c3ccncc32)nc1.FC1(F)CCN(c2nn(-c3ccc(Cl)cc3)c3cnccc23)C1.Fc1cc(Cl)ccc1-n1nc(C2CCOCC2)c2ccncc21. The zero-order valence-corrected chi connectivity index (χ0v) is 77.7. The van der Waals surface area contributed by atoms with Crippen molar-refractivity contribution in [2.75, 3.05) is 84.1 Å². The molecule has 0 bridgehead atoms. The number of anilines is 1. The van der Waals surface area contributed by atoms with Crippen LogP contribution in [0.25, 0.3) is 99.7 Å². The Morgan fingerprint density at radius 3 is 1.07 bits per heavy atom. The predicted octanol–water partition coefficient (Wildman–Crippen LogP) is 21.8. The first-order valence-electron chi connectivity index (χ1n) is 46.3. The summed E-state index contributed by atoms with van der Waals surface area (Å²) in [6.45, 7) is 18.0. The van der Waals surface area contributed by atoms with Gasteiger partial charge in [0.25, 0.3) is 5.92 Å². The molecule has 6 fully saturated rings. The maximum atomic E-state index is 14.4. The van der Waals surface area contributed by atoms with Gasteiger partial charge in [-0.05, 0) is 231 Å². The van der Waals surface area contributed by atoms with Crippen LogP contribution in [0, 0.1) is 46.3 Å². The highest BCUT2D eigenvalue weighted by Crippen LogP contribution is 2.42.